The van der Waals surface area contributed by atoms with E-state index in [1.165, 1.54) is 6.33 Å². The van der Waals surface area contributed by atoms with Crippen LogP contribution in [-0.2, 0) is 6.42 Å². The molecule has 0 bridgehead atoms. The second kappa shape index (κ2) is 9.21. The van der Waals surface area contributed by atoms with E-state index >= 15 is 0 Å². The first-order chi connectivity index (χ1) is 15.2. The number of rotatable bonds is 8. The quantitative estimate of drug-likeness (QED) is 0.452. The third-order valence-corrected chi connectivity index (χ3v) is 4.69. The maximum Gasteiger partial charge on any atom is 0.251 e. The normalized spacial score (nSPS) is 10.8. The van der Waals surface area contributed by atoms with Gasteiger partial charge >= 0.3 is 0 Å². The fourth-order valence-corrected chi connectivity index (χ4v) is 3.19. The fourth-order valence-electron chi connectivity index (χ4n) is 3.19. The molecule has 9 heteroatoms. The zero-order valence-corrected chi connectivity index (χ0v) is 17.3. The Labute approximate surface area is 178 Å². The van der Waals surface area contributed by atoms with Gasteiger partial charge in [0.1, 0.15) is 17.9 Å². The maximum absolute atomic E-state index is 12.6. The number of ether oxygens (including phenoxy) is 2. The third kappa shape index (κ3) is 4.61. The summed E-state index contributed by atoms with van der Waals surface area (Å²) in [5.74, 6) is 1.74. The number of nitrogens with one attached hydrogen (secondary N) is 2. The van der Waals surface area contributed by atoms with Gasteiger partial charge in [-0.1, -0.05) is 0 Å². The van der Waals surface area contributed by atoms with Gasteiger partial charge in [-0.25, -0.2) is 9.97 Å². The Kier molecular flexibility index (Phi) is 6.02. The van der Waals surface area contributed by atoms with Gasteiger partial charge in [0, 0.05) is 47.8 Å². The largest absolute Gasteiger partial charge is 0.493 e. The first-order valence-electron chi connectivity index (χ1n) is 9.89. The Morgan fingerprint density at radius 2 is 2.10 bits per heavy atom. The van der Waals surface area contributed by atoms with Crippen molar-refractivity contribution in [3.05, 3.63) is 60.3 Å². The van der Waals surface area contributed by atoms with Gasteiger partial charge < -0.3 is 19.8 Å². The fraction of sp³-hybridized carbons (Fsp3) is 0.227. The van der Waals surface area contributed by atoms with Gasteiger partial charge in [0.05, 0.1) is 24.9 Å². The van der Waals surface area contributed by atoms with Gasteiger partial charge in [0.2, 0.25) is 5.88 Å². The first kappa shape index (κ1) is 20.3. The second-order valence-corrected chi connectivity index (χ2v) is 6.70. The lowest BCUT2D eigenvalue weighted by Gasteiger charge is -2.12. The molecule has 0 radical (unpaired) electrons. The lowest BCUT2D eigenvalue weighted by molar-refractivity contribution is 0.0954. The third-order valence-electron chi connectivity index (χ3n) is 4.69. The van der Waals surface area contributed by atoms with Crippen molar-refractivity contribution < 1.29 is 14.3 Å². The molecule has 158 valence electrons. The Bertz CT molecular complexity index is 1190. The van der Waals surface area contributed by atoms with Crippen LogP contribution in [0.3, 0.4) is 0 Å². The molecule has 1 aromatic carbocycles. The number of methoxy groups -OCH3 is 1. The molecular formula is C22H22N6O3. The number of carbonyl (C=O) groups is 1. The number of carbonyl (C=O) groups excluding carboxylic acids is 1. The van der Waals surface area contributed by atoms with Gasteiger partial charge in [-0.2, -0.15) is 0 Å². The molecular weight excluding hydrogens is 396 g/mol. The first-order valence-corrected chi connectivity index (χ1v) is 9.89. The van der Waals surface area contributed by atoms with Crippen molar-refractivity contribution in [1.82, 2.24) is 30.5 Å². The number of amides is 1. The molecule has 4 rings (SSSR count). The summed E-state index contributed by atoms with van der Waals surface area (Å²) in [6, 6.07) is 10.9. The standard InChI is InChI=1S/C22H22N6O3/c1-3-31-19-12-17(14-6-8-23-21(11-14)30-2)27-18-10-15(4-5-16(18)19)22(29)24-9-7-20-25-13-26-28-20/h4-6,8,10-13H,3,7,9H2,1-2H3,(H,24,29)(H,25,26,28). The molecule has 0 atom stereocenters. The van der Waals surface area contributed by atoms with E-state index < -0.39 is 0 Å². The van der Waals surface area contributed by atoms with E-state index in [0.717, 1.165) is 16.8 Å². The zero-order chi connectivity index (χ0) is 21.6. The molecule has 1 amide bonds. The maximum atomic E-state index is 12.6. The molecule has 4 aromatic rings. The van der Waals surface area contributed by atoms with E-state index in [1.807, 2.05) is 31.2 Å². The highest BCUT2D eigenvalue weighted by atomic mass is 16.5. The van der Waals surface area contributed by atoms with Gasteiger partial charge in [-0.15, -0.1) is 10.2 Å². The topological polar surface area (TPSA) is 115 Å². The second-order valence-electron chi connectivity index (χ2n) is 6.70. The molecule has 0 saturated heterocycles. The van der Waals surface area contributed by atoms with Crippen LogP contribution in [0.5, 0.6) is 11.6 Å². The highest BCUT2D eigenvalue weighted by molar-refractivity contribution is 5.99. The molecule has 3 aromatic heterocycles. The van der Waals surface area contributed by atoms with Crippen LogP contribution in [0.1, 0.15) is 23.1 Å². The van der Waals surface area contributed by atoms with Crippen LogP contribution in [0, 0.1) is 0 Å². The summed E-state index contributed by atoms with van der Waals surface area (Å²) in [6.45, 7) is 2.89. The molecule has 0 spiro atoms. The Hall–Kier alpha value is -4.01. The highest BCUT2D eigenvalue weighted by Crippen LogP contribution is 2.31. The van der Waals surface area contributed by atoms with Crippen molar-refractivity contribution in [3.8, 4) is 22.9 Å². The molecule has 0 unspecified atom stereocenters. The zero-order valence-electron chi connectivity index (χ0n) is 17.3. The minimum absolute atomic E-state index is 0.183. The summed E-state index contributed by atoms with van der Waals surface area (Å²) >= 11 is 0. The number of fused-ring (bicyclic) bond motifs is 1. The smallest absolute Gasteiger partial charge is 0.251 e. The number of benzene rings is 1. The summed E-state index contributed by atoms with van der Waals surface area (Å²) in [7, 11) is 1.57. The predicted octanol–water partition coefficient (Wildman–Crippen LogP) is 2.79. The van der Waals surface area contributed by atoms with Crippen LogP contribution < -0.4 is 14.8 Å². The van der Waals surface area contributed by atoms with Gasteiger partial charge in [-0.3, -0.25) is 4.79 Å². The highest BCUT2D eigenvalue weighted by Gasteiger charge is 2.13. The molecule has 0 fully saturated rings. The molecule has 2 N–H and O–H groups in total. The molecule has 9 nitrogen and oxygen atoms in total. The van der Waals surface area contributed by atoms with Crippen LogP contribution >= 0.6 is 0 Å². The summed E-state index contributed by atoms with van der Waals surface area (Å²) in [5, 5.41) is 11.4. The average Bonchev–Trinajstić information content (AvgIpc) is 3.32. The van der Waals surface area contributed by atoms with Crippen molar-refractivity contribution in [1.29, 1.82) is 0 Å². The van der Waals surface area contributed by atoms with Gasteiger partial charge in [-0.05, 0) is 31.2 Å². The Morgan fingerprint density at radius 3 is 2.87 bits per heavy atom. The van der Waals surface area contributed by atoms with Crippen LogP contribution in [-0.4, -0.2) is 51.3 Å². The van der Waals surface area contributed by atoms with Crippen molar-refractivity contribution in [2.75, 3.05) is 20.3 Å². The van der Waals surface area contributed by atoms with Crippen LogP contribution in [0.2, 0.25) is 0 Å². The Balaban J connectivity index is 1.64. The van der Waals surface area contributed by atoms with E-state index in [0.29, 0.717) is 48.0 Å². The summed E-state index contributed by atoms with van der Waals surface area (Å²) in [4.78, 5) is 24.4. The number of nitrogens with zero attached hydrogens (tertiary/aromatic N) is 4. The van der Waals surface area contributed by atoms with E-state index in [1.54, 1.807) is 25.4 Å². The molecule has 0 saturated carbocycles. The van der Waals surface area contributed by atoms with E-state index in [4.69, 9.17) is 14.5 Å². The lowest BCUT2D eigenvalue weighted by atomic mass is 10.1. The van der Waals surface area contributed by atoms with Crippen LogP contribution in [0.25, 0.3) is 22.2 Å². The number of hydrogen-bond acceptors (Lipinski definition) is 7. The van der Waals surface area contributed by atoms with Gasteiger partial charge in [0.25, 0.3) is 5.91 Å². The van der Waals surface area contributed by atoms with E-state index in [2.05, 4.69) is 25.5 Å². The van der Waals surface area contributed by atoms with Crippen molar-refractivity contribution in [2.24, 2.45) is 0 Å². The van der Waals surface area contributed by atoms with E-state index in [-0.39, 0.29) is 5.91 Å². The molecule has 3 heterocycles. The summed E-state index contributed by atoms with van der Waals surface area (Å²) in [5.41, 5.74) is 2.74. The van der Waals surface area contributed by atoms with Gasteiger partial charge in [0.15, 0.2) is 0 Å². The molecule has 0 aliphatic rings. The predicted molar refractivity (Wildman–Crippen MR) is 115 cm³/mol. The minimum Gasteiger partial charge on any atom is -0.493 e. The van der Waals surface area contributed by atoms with Crippen molar-refractivity contribution in [3.63, 3.8) is 0 Å². The lowest BCUT2D eigenvalue weighted by Crippen LogP contribution is -2.25. The number of aromatic amines is 1. The van der Waals surface area contributed by atoms with E-state index in [9.17, 15) is 4.79 Å². The number of H-pyrrole nitrogens is 1. The van der Waals surface area contributed by atoms with Crippen LogP contribution in [0.15, 0.2) is 48.9 Å². The number of hydrogen-bond donors (Lipinski definition) is 2. The molecule has 0 aliphatic heterocycles. The van der Waals surface area contributed by atoms with Crippen molar-refractivity contribution >= 4 is 16.8 Å². The average molecular weight is 418 g/mol. The molecule has 31 heavy (non-hydrogen) atoms. The number of pyridine rings is 2. The SMILES string of the molecule is CCOc1cc(-c2ccnc(OC)c2)nc2cc(C(=O)NCCc3nnc[nH]3)ccc12. The Morgan fingerprint density at radius 1 is 1.19 bits per heavy atom. The molecule has 0 aliphatic carbocycles. The van der Waals surface area contributed by atoms with Crippen molar-refractivity contribution in [2.45, 2.75) is 13.3 Å². The monoisotopic (exact) mass is 418 g/mol. The van der Waals surface area contributed by atoms with Crippen LogP contribution in [0.4, 0.5) is 0 Å². The number of aromatic nitrogens is 5. The summed E-state index contributed by atoms with van der Waals surface area (Å²) in [6.07, 6.45) is 3.75. The summed E-state index contributed by atoms with van der Waals surface area (Å²) < 4.78 is 11.1. The minimum atomic E-state index is -0.183.